The van der Waals surface area contributed by atoms with Crippen molar-refractivity contribution in [3.63, 3.8) is 0 Å². The Labute approximate surface area is 136 Å². The summed E-state index contributed by atoms with van der Waals surface area (Å²) in [4.78, 5) is 18.1. The van der Waals surface area contributed by atoms with Crippen molar-refractivity contribution in [1.29, 1.82) is 0 Å². The van der Waals surface area contributed by atoms with Crippen molar-refractivity contribution in [2.24, 2.45) is 0 Å². The summed E-state index contributed by atoms with van der Waals surface area (Å²) in [7, 11) is 0. The van der Waals surface area contributed by atoms with E-state index in [1.165, 1.54) is 11.3 Å². The van der Waals surface area contributed by atoms with Crippen molar-refractivity contribution in [2.75, 3.05) is 13.1 Å². The van der Waals surface area contributed by atoms with E-state index < -0.39 is 0 Å². The van der Waals surface area contributed by atoms with E-state index in [0.29, 0.717) is 29.7 Å². The molecule has 1 saturated heterocycles. The fourth-order valence-corrected chi connectivity index (χ4v) is 2.92. The Hall–Kier alpha value is -2.67. The van der Waals surface area contributed by atoms with Gasteiger partial charge in [0, 0.05) is 23.2 Å². The fourth-order valence-electron chi connectivity index (χ4n) is 2.37. The van der Waals surface area contributed by atoms with Crippen LogP contribution in [-0.4, -0.2) is 40.1 Å². The van der Waals surface area contributed by atoms with Gasteiger partial charge in [-0.15, -0.1) is 0 Å². The Kier molecular flexibility index (Phi) is 3.55. The predicted molar refractivity (Wildman–Crippen MR) is 84.4 cm³/mol. The average Bonchev–Trinajstić information content (AvgIpc) is 3.22. The normalized spacial score (nSPS) is 14.5. The smallest absolute Gasteiger partial charge is 0.276 e. The minimum absolute atomic E-state index is 0.00871. The second kappa shape index (κ2) is 5.85. The molecule has 0 atom stereocenters. The zero-order valence-electron chi connectivity index (χ0n) is 12.1. The Morgan fingerprint density at radius 3 is 2.87 bits per heavy atom. The lowest BCUT2D eigenvalue weighted by Crippen LogP contribution is -2.56. The molecule has 1 amide bonds. The van der Waals surface area contributed by atoms with Gasteiger partial charge in [0.1, 0.15) is 6.10 Å². The molecular formula is C16H13N3O3S. The number of carbonyl (C=O) groups excluding carboxylic acids is 1. The van der Waals surface area contributed by atoms with Crippen LogP contribution in [0.1, 0.15) is 10.5 Å². The Morgan fingerprint density at radius 1 is 1.30 bits per heavy atom. The standard InChI is InChI=1S/C16H13N3O3S/c20-15(19-9-12(10-19)21-16-17-6-7-23-16)13-8-14(22-18-13)11-4-2-1-3-5-11/h1-8,12H,9-10H2. The van der Waals surface area contributed by atoms with Crippen LogP contribution in [0.15, 0.2) is 52.5 Å². The summed E-state index contributed by atoms with van der Waals surface area (Å²) in [6.45, 7) is 1.07. The second-order valence-corrected chi connectivity index (χ2v) is 6.05. The maximum atomic E-state index is 12.4. The summed E-state index contributed by atoms with van der Waals surface area (Å²) >= 11 is 1.44. The van der Waals surface area contributed by atoms with E-state index in [2.05, 4.69) is 10.1 Å². The van der Waals surface area contributed by atoms with Gasteiger partial charge in [-0.3, -0.25) is 4.79 Å². The lowest BCUT2D eigenvalue weighted by molar-refractivity contribution is 0.0170. The monoisotopic (exact) mass is 327 g/mol. The van der Waals surface area contributed by atoms with Gasteiger partial charge in [-0.05, 0) is 0 Å². The van der Waals surface area contributed by atoms with Gasteiger partial charge in [0.15, 0.2) is 11.5 Å². The first-order chi connectivity index (χ1) is 11.3. The molecule has 0 N–H and O–H groups in total. The predicted octanol–water partition coefficient (Wildman–Crippen LogP) is 2.70. The summed E-state index contributed by atoms with van der Waals surface area (Å²) in [5.74, 6) is 0.444. The number of nitrogens with zero attached hydrogens (tertiary/aromatic N) is 3. The first-order valence-corrected chi connectivity index (χ1v) is 8.05. The highest BCUT2D eigenvalue weighted by atomic mass is 32.1. The van der Waals surface area contributed by atoms with E-state index in [-0.39, 0.29) is 12.0 Å². The lowest BCUT2D eigenvalue weighted by Gasteiger charge is -2.37. The molecule has 0 aliphatic carbocycles. The summed E-state index contributed by atoms with van der Waals surface area (Å²) in [5.41, 5.74) is 1.21. The van der Waals surface area contributed by atoms with Crippen LogP contribution < -0.4 is 4.74 Å². The van der Waals surface area contributed by atoms with Crippen molar-refractivity contribution < 1.29 is 14.1 Å². The number of hydrogen-bond donors (Lipinski definition) is 0. The summed E-state index contributed by atoms with van der Waals surface area (Å²) < 4.78 is 10.9. The van der Waals surface area contributed by atoms with Crippen molar-refractivity contribution in [3.8, 4) is 16.5 Å². The van der Waals surface area contributed by atoms with Crippen molar-refractivity contribution in [3.05, 3.63) is 53.7 Å². The molecule has 2 aromatic heterocycles. The average molecular weight is 327 g/mol. The molecule has 0 radical (unpaired) electrons. The van der Waals surface area contributed by atoms with E-state index in [4.69, 9.17) is 9.26 Å². The van der Waals surface area contributed by atoms with E-state index >= 15 is 0 Å². The zero-order chi connectivity index (χ0) is 15.6. The number of rotatable bonds is 4. The molecule has 0 spiro atoms. The Balaban J connectivity index is 1.38. The van der Waals surface area contributed by atoms with Crippen molar-refractivity contribution >= 4 is 17.2 Å². The van der Waals surface area contributed by atoms with Gasteiger partial charge in [-0.25, -0.2) is 4.98 Å². The molecule has 116 valence electrons. The number of aromatic nitrogens is 2. The Bertz CT molecular complexity index is 795. The van der Waals surface area contributed by atoms with E-state index in [1.54, 1.807) is 17.2 Å². The van der Waals surface area contributed by atoms with Crippen LogP contribution >= 0.6 is 11.3 Å². The zero-order valence-corrected chi connectivity index (χ0v) is 12.9. The third-order valence-electron chi connectivity index (χ3n) is 3.60. The maximum Gasteiger partial charge on any atom is 0.276 e. The van der Waals surface area contributed by atoms with Crippen LogP contribution in [0.2, 0.25) is 0 Å². The number of carbonyl (C=O) groups is 1. The number of ether oxygens (including phenoxy) is 1. The minimum Gasteiger partial charge on any atom is -0.463 e. The van der Waals surface area contributed by atoms with Crippen LogP contribution in [0.3, 0.4) is 0 Å². The maximum absolute atomic E-state index is 12.4. The Morgan fingerprint density at radius 2 is 2.13 bits per heavy atom. The first-order valence-electron chi connectivity index (χ1n) is 7.17. The van der Waals surface area contributed by atoms with Crippen LogP contribution in [-0.2, 0) is 0 Å². The lowest BCUT2D eigenvalue weighted by atomic mass is 10.1. The molecule has 0 bridgehead atoms. The molecule has 4 rings (SSSR count). The molecule has 1 fully saturated rings. The highest BCUT2D eigenvalue weighted by Crippen LogP contribution is 2.24. The molecule has 23 heavy (non-hydrogen) atoms. The van der Waals surface area contributed by atoms with Gasteiger partial charge in [0.05, 0.1) is 13.1 Å². The molecule has 0 saturated carbocycles. The van der Waals surface area contributed by atoms with Crippen LogP contribution in [0.25, 0.3) is 11.3 Å². The molecule has 3 aromatic rings. The minimum atomic E-state index is -0.144. The number of hydrogen-bond acceptors (Lipinski definition) is 6. The number of likely N-dealkylation sites (tertiary alicyclic amines) is 1. The third-order valence-corrected chi connectivity index (χ3v) is 4.26. The van der Waals surface area contributed by atoms with Crippen molar-refractivity contribution in [1.82, 2.24) is 15.0 Å². The number of amides is 1. The third kappa shape index (κ3) is 2.83. The van der Waals surface area contributed by atoms with Gasteiger partial charge < -0.3 is 14.2 Å². The van der Waals surface area contributed by atoms with E-state index in [1.807, 2.05) is 35.7 Å². The molecular weight excluding hydrogens is 314 g/mol. The van der Waals surface area contributed by atoms with Gasteiger partial charge in [-0.1, -0.05) is 46.8 Å². The van der Waals surface area contributed by atoms with E-state index in [9.17, 15) is 4.79 Å². The molecule has 0 unspecified atom stereocenters. The molecule has 1 aromatic carbocycles. The van der Waals surface area contributed by atoms with Crippen LogP contribution in [0.5, 0.6) is 5.19 Å². The van der Waals surface area contributed by atoms with E-state index in [0.717, 1.165) is 5.56 Å². The molecule has 1 aliphatic heterocycles. The molecule has 3 heterocycles. The van der Waals surface area contributed by atoms with Crippen molar-refractivity contribution in [2.45, 2.75) is 6.10 Å². The topological polar surface area (TPSA) is 68.5 Å². The fraction of sp³-hybridized carbons (Fsp3) is 0.188. The van der Waals surface area contributed by atoms with Gasteiger partial charge in [0.25, 0.3) is 11.1 Å². The number of benzene rings is 1. The number of thiazole rings is 1. The molecule has 6 nitrogen and oxygen atoms in total. The molecule has 1 aliphatic rings. The first kappa shape index (κ1) is 14.0. The summed E-state index contributed by atoms with van der Waals surface area (Å²) in [6.07, 6.45) is 1.69. The quantitative estimate of drug-likeness (QED) is 0.737. The molecule has 7 heteroatoms. The SMILES string of the molecule is O=C(c1cc(-c2ccccc2)on1)N1CC(Oc2nccs2)C1. The van der Waals surface area contributed by atoms with Crippen LogP contribution in [0.4, 0.5) is 0 Å². The largest absolute Gasteiger partial charge is 0.463 e. The summed E-state index contributed by atoms with van der Waals surface area (Å²) in [5, 5.41) is 6.37. The highest BCUT2D eigenvalue weighted by molar-refractivity contribution is 7.11. The van der Waals surface area contributed by atoms with Gasteiger partial charge in [0.2, 0.25) is 0 Å². The summed E-state index contributed by atoms with van der Waals surface area (Å²) in [6, 6.07) is 11.2. The van der Waals surface area contributed by atoms with Crippen LogP contribution in [0, 0.1) is 0 Å². The van der Waals surface area contributed by atoms with Gasteiger partial charge in [-0.2, -0.15) is 0 Å². The van der Waals surface area contributed by atoms with Gasteiger partial charge >= 0.3 is 0 Å². The highest BCUT2D eigenvalue weighted by Gasteiger charge is 2.34. The second-order valence-electron chi connectivity index (χ2n) is 5.19.